The molecule has 0 saturated carbocycles. The van der Waals surface area contributed by atoms with E-state index in [1.807, 2.05) is 13.8 Å². The fourth-order valence-electron chi connectivity index (χ4n) is 3.79. The minimum Gasteiger partial charge on any atom is -0.423 e. The van der Waals surface area contributed by atoms with Crippen molar-refractivity contribution < 1.29 is 22.4 Å². The molecule has 36 heavy (non-hydrogen) atoms. The molecule has 0 fully saturated rings. The van der Waals surface area contributed by atoms with E-state index >= 15 is 0 Å². The number of fused-ring (bicyclic) bond motifs is 1. The van der Waals surface area contributed by atoms with Crippen LogP contribution in [-0.2, 0) is 21.2 Å². The molecular weight excluding hydrogens is 502 g/mol. The van der Waals surface area contributed by atoms with Crippen LogP contribution in [0, 0.1) is 6.92 Å². The predicted octanol–water partition coefficient (Wildman–Crippen LogP) is 5.33. The van der Waals surface area contributed by atoms with E-state index in [1.165, 1.54) is 24.3 Å². The van der Waals surface area contributed by atoms with Crippen LogP contribution in [0.2, 0.25) is 5.02 Å². The molecule has 1 atom stereocenters. The first-order valence-corrected chi connectivity index (χ1v) is 13.2. The number of nitrogens with one attached hydrogen (secondary N) is 1. The zero-order valence-electron chi connectivity index (χ0n) is 19.7. The van der Waals surface area contributed by atoms with Gasteiger partial charge in [0.25, 0.3) is 0 Å². The topological polar surface area (TPSA) is 103 Å². The Bertz CT molecular complexity index is 1560. The van der Waals surface area contributed by atoms with E-state index in [0.29, 0.717) is 17.4 Å². The highest BCUT2D eigenvalue weighted by molar-refractivity contribution is 7.89. The van der Waals surface area contributed by atoms with E-state index in [2.05, 4.69) is 4.72 Å². The Kier molecular flexibility index (Phi) is 7.59. The number of carbonyl (C=O) groups excluding carboxylic acids is 1. The number of hydrogen-bond donors (Lipinski definition) is 1. The van der Waals surface area contributed by atoms with Crippen LogP contribution in [0.4, 0.5) is 0 Å². The number of carbonyl (C=O) groups is 1. The molecule has 0 spiro atoms. The number of ether oxygens (including phenoxy) is 1. The third-order valence-electron chi connectivity index (χ3n) is 5.59. The quantitative estimate of drug-likeness (QED) is 0.189. The molecular formula is C27H24ClNO6S. The van der Waals surface area contributed by atoms with Crippen molar-refractivity contribution in [2.24, 2.45) is 0 Å². The van der Waals surface area contributed by atoms with Gasteiger partial charge in [0.15, 0.2) is 5.75 Å². The van der Waals surface area contributed by atoms with Crippen LogP contribution in [0.15, 0.2) is 86.9 Å². The Hall–Kier alpha value is -3.46. The molecule has 1 heterocycles. The molecule has 0 aliphatic rings. The van der Waals surface area contributed by atoms with Gasteiger partial charge in [-0.15, -0.1) is 0 Å². The van der Waals surface area contributed by atoms with Crippen molar-refractivity contribution in [3.63, 3.8) is 0 Å². The van der Waals surface area contributed by atoms with Crippen molar-refractivity contribution >= 4 is 38.6 Å². The number of esters is 1. The molecule has 7 nitrogen and oxygen atoms in total. The number of rotatable bonds is 8. The molecule has 0 unspecified atom stereocenters. The smallest absolute Gasteiger partial charge is 0.336 e. The summed E-state index contributed by atoms with van der Waals surface area (Å²) in [5, 5.41) is 0.760. The lowest BCUT2D eigenvalue weighted by atomic mass is 10.1. The maximum atomic E-state index is 13.3. The largest absolute Gasteiger partial charge is 0.423 e. The number of aryl methyl sites for hydroxylation is 2. The molecule has 3 aromatic carbocycles. The van der Waals surface area contributed by atoms with Gasteiger partial charge < -0.3 is 9.15 Å². The Morgan fingerprint density at radius 3 is 2.42 bits per heavy atom. The van der Waals surface area contributed by atoms with E-state index in [0.717, 1.165) is 17.5 Å². The molecule has 9 heteroatoms. The van der Waals surface area contributed by atoms with Crippen molar-refractivity contribution in [1.29, 1.82) is 0 Å². The first-order valence-electron chi connectivity index (χ1n) is 11.3. The highest BCUT2D eigenvalue weighted by Crippen LogP contribution is 2.33. The predicted molar refractivity (Wildman–Crippen MR) is 138 cm³/mol. The number of benzene rings is 3. The molecule has 0 amide bonds. The van der Waals surface area contributed by atoms with Crippen LogP contribution in [0.3, 0.4) is 0 Å². The number of hydrogen-bond acceptors (Lipinski definition) is 6. The molecule has 1 aromatic heterocycles. The van der Waals surface area contributed by atoms with Crippen molar-refractivity contribution in [2.75, 3.05) is 0 Å². The maximum absolute atomic E-state index is 13.3. The Balaban J connectivity index is 1.70. The van der Waals surface area contributed by atoms with Gasteiger partial charge in [0.1, 0.15) is 11.6 Å². The van der Waals surface area contributed by atoms with Crippen molar-refractivity contribution in [2.45, 2.75) is 37.6 Å². The summed E-state index contributed by atoms with van der Waals surface area (Å²) in [5.41, 5.74) is 1.74. The highest BCUT2D eigenvalue weighted by Gasteiger charge is 2.29. The van der Waals surface area contributed by atoms with Crippen LogP contribution in [-0.4, -0.2) is 14.4 Å². The number of halogens is 1. The van der Waals surface area contributed by atoms with Crippen molar-refractivity contribution in [3.8, 4) is 5.75 Å². The first kappa shape index (κ1) is 25.6. The zero-order valence-corrected chi connectivity index (χ0v) is 21.2. The summed E-state index contributed by atoms with van der Waals surface area (Å²) in [7, 11) is -4.07. The fourth-order valence-corrected chi connectivity index (χ4v) is 5.16. The Morgan fingerprint density at radius 1 is 1.06 bits per heavy atom. The molecule has 0 aliphatic heterocycles. The summed E-state index contributed by atoms with van der Waals surface area (Å²) in [4.78, 5) is 25.3. The van der Waals surface area contributed by atoms with Gasteiger partial charge in [-0.25, -0.2) is 18.0 Å². The van der Waals surface area contributed by atoms with Crippen molar-refractivity contribution in [1.82, 2.24) is 4.72 Å². The van der Waals surface area contributed by atoms with Crippen LogP contribution >= 0.6 is 11.6 Å². The van der Waals surface area contributed by atoms with E-state index < -0.39 is 27.7 Å². The monoisotopic (exact) mass is 525 g/mol. The second kappa shape index (κ2) is 10.7. The van der Waals surface area contributed by atoms with Gasteiger partial charge >= 0.3 is 11.6 Å². The van der Waals surface area contributed by atoms with Crippen LogP contribution in [0.25, 0.3) is 11.0 Å². The van der Waals surface area contributed by atoms with E-state index in [9.17, 15) is 18.0 Å². The van der Waals surface area contributed by atoms with Crippen LogP contribution in [0.5, 0.6) is 5.75 Å². The number of sulfonamides is 1. The highest BCUT2D eigenvalue weighted by atomic mass is 35.5. The van der Waals surface area contributed by atoms with Gasteiger partial charge in [-0.2, -0.15) is 4.72 Å². The molecule has 4 aromatic rings. The molecule has 4 rings (SSSR count). The fraction of sp³-hybridized carbons (Fsp3) is 0.185. The lowest BCUT2D eigenvalue weighted by Gasteiger charge is -2.19. The van der Waals surface area contributed by atoms with Gasteiger partial charge in [0.2, 0.25) is 10.0 Å². The van der Waals surface area contributed by atoms with Gasteiger partial charge in [-0.1, -0.05) is 73.0 Å². The minimum absolute atomic E-state index is 0.01000. The molecule has 186 valence electrons. The molecule has 0 aliphatic carbocycles. The van der Waals surface area contributed by atoms with Gasteiger partial charge in [-0.3, -0.25) is 0 Å². The van der Waals surface area contributed by atoms with Crippen LogP contribution in [0.1, 0.15) is 36.1 Å². The van der Waals surface area contributed by atoms with E-state index in [4.69, 9.17) is 20.8 Å². The SMILES string of the molecule is CCCc1cc(=O)oc2cc(OC(=O)[C@H](NS(=O)(=O)c3ccc(C)cc3)c3ccccc3)c(Cl)cc12. The molecule has 0 bridgehead atoms. The van der Waals surface area contributed by atoms with E-state index in [-0.39, 0.29) is 21.3 Å². The summed E-state index contributed by atoms with van der Waals surface area (Å²) in [6.07, 6.45) is 1.46. The van der Waals surface area contributed by atoms with E-state index in [1.54, 1.807) is 48.5 Å². The average molecular weight is 526 g/mol. The second-order valence-electron chi connectivity index (χ2n) is 8.32. The van der Waals surface area contributed by atoms with Crippen molar-refractivity contribution in [3.05, 3.63) is 105 Å². The van der Waals surface area contributed by atoms with Gasteiger partial charge in [0, 0.05) is 17.5 Å². The summed E-state index contributed by atoms with van der Waals surface area (Å²) in [6.45, 7) is 3.83. The third-order valence-corrected chi connectivity index (χ3v) is 7.32. The molecule has 1 N–H and O–H groups in total. The first-order chi connectivity index (χ1) is 17.2. The molecule has 0 radical (unpaired) electrons. The van der Waals surface area contributed by atoms with Crippen LogP contribution < -0.4 is 15.1 Å². The van der Waals surface area contributed by atoms with Gasteiger partial charge in [-0.05, 0) is 42.7 Å². The standard InChI is InChI=1S/C27H24ClNO6S/c1-3-7-19-14-25(30)34-23-16-24(22(28)15-21(19)23)35-27(31)26(18-8-5-4-6-9-18)29-36(32,33)20-12-10-17(2)11-13-20/h4-6,8-16,26,29H,3,7H2,1-2H3/t26-/m1/s1. The lowest BCUT2D eigenvalue weighted by Crippen LogP contribution is -2.36. The lowest BCUT2D eigenvalue weighted by molar-refractivity contribution is -0.136. The summed E-state index contributed by atoms with van der Waals surface area (Å²) in [5.74, 6) is -0.952. The minimum atomic E-state index is -4.07. The third kappa shape index (κ3) is 5.67. The Labute approximate surface area is 213 Å². The molecule has 0 saturated heterocycles. The average Bonchev–Trinajstić information content (AvgIpc) is 2.84. The normalized spacial score (nSPS) is 12.4. The maximum Gasteiger partial charge on any atom is 0.336 e. The summed E-state index contributed by atoms with van der Waals surface area (Å²) in [6, 6.07) is 17.6. The van der Waals surface area contributed by atoms with Gasteiger partial charge in [0.05, 0.1) is 9.92 Å². The summed E-state index contributed by atoms with van der Waals surface area (Å²) < 4.78 is 39.4. The second-order valence-corrected chi connectivity index (χ2v) is 10.4. The zero-order chi connectivity index (χ0) is 25.9. The summed E-state index contributed by atoms with van der Waals surface area (Å²) >= 11 is 6.42. The Morgan fingerprint density at radius 2 is 1.75 bits per heavy atom.